The van der Waals surface area contributed by atoms with Crippen molar-refractivity contribution >= 4 is 35.6 Å². The molecule has 1 aliphatic heterocycles. The average molecular weight is 340 g/mol. The summed E-state index contributed by atoms with van der Waals surface area (Å²) in [7, 11) is 0. The largest absolute Gasteiger partial charge is 0.479 e. The Kier molecular flexibility index (Phi) is 5.16. The van der Waals surface area contributed by atoms with Crippen LogP contribution in [0.2, 0.25) is 0 Å². The van der Waals surface area contributed by atoms with Crippen molar-refractivity contribution in [3.05, 3.63) is 18.2 Å². The SMILES string of the molecule is CC1Oc2ccc(NC(=O)C3(CN)CCCC3)cc2NC1=O.Cl. The van der Waals surface area contributed by atoms with E-state index in [2.05, 4.69) is 10.6 Å². The lowest BCUT2D eigenvalue weighted by molar-refractivity contribution is -0.125. The summed E-state index contributed by atoms with van der Waals surface area (Å²) >= 11 is 0. The molecule has 0 saturated heterocycles. The Labute approximate surface area is 141 Å². The summed E-state index contributed by atoms with van der Waals surface area (Å²) in [6, 6.07) is 5.25. The topological polar surface area (TPSA) is 93.4 Å². The number of carbonyl (C=O) groups is 2. The molecular formula is C16H22ClN3O3. The van der Waals surface area contributed by atoms with E-state index in [1.54, 1.807) is 25.1 Å². The van der Waals surface area contributed by atoms with Gasteiger partial charge in [0.25, 0.3) is 5.91 Å². The smallest absolute Gasteiger partial charge is 0.265 e. The summed E-state index contributed by atoms with van der Waals surface area (Å²) < 4.78 is 5.50. The van der Waals surface area contributed by atoms with Crippen molar-refractivity contribution in [1.82, 2.24) is 0 Å². The third kappa shape index (κ3) is 3.28. The number of ether oxygens (including phenoxy) is 1. The molecule has 1 aliphatic carbocycles. The highest BCUT2D eigenvalue weighted by Crippen LogP contribution is 2.39. The molecule has 7 heteroatoms. The maximum absolute atomic E-state index is 12.5. The van der Waals surface area contributed by atoms with Crippen LogP contribution < -0.4 is 21.1 Å². The molecule has 0 bridgehead atoms. The zero-order chi connectivity index (χ0) is 15.7. The Morgan fingerprint density at radius 2 is 2.13 bits per heavy atom. The van der Waals surface area contributed by atoms with Crippen molar-refractivity contribution in [2.24, 2.45) is 11.1 Å². The second-order valence-corrected chi connectivity index (χ2v) is 6.11. The molecule has 2 aliphatic rings. The van der Waals surface area contributed by atoms with E-state index in [1.165, 1.54) is 0 Å². The monoisotopic (exact) mass is 339 g/mol. The van der Waals surface area contributed by atoms with E-state index in [4.69, 9.17) is 10.5 Å². The molecule has 1 aromatic rings. The molecule has 1 atom stereocenters. The van der Waals surface area contributed by atoms with Crippen LogP contribution in [0.15, 0.2) is 18.2 Å². The number of hydrogen-bond acceptors (Lipinski definition) is 4. The summed E-state index contributed by atoms with van der Waals surface area (Å²) in [5, 5.41) is 5.70. The van der Waals surface area contributed by atoms with E-state index in [-0.39, 0.29) is 24.2 Å². The van der Waals surface area contributed by atoms with Crippen molar-refractivity contribution in [2.75, 3.05) is 17.2 Å². The average Bonchev–Trinajstić information content (AvgIpc) is 2.99. The van der Waals surface area contributed by atoms with E-state index < -0.39 is 11.5 Å². The zero-order valence-corrected chi connectivity index (χ0v) is 13.9. The van der Waals surface area contributed by atoms with Crippen LogP contribution in [-0.2, 0) is 9.59 Å². The number of halogens is 1. The van der Waals surface area contributed by atoms with Gasteiger partial charge in [0.2, 0.25) is 5.91 Å². The lowest BCUT2D eigenvalue weighted by atomic mass is 9.85. The minimum absolute atomic E-state index is 0. The van der Waals surface area contributed by atoms with Gasteiger partial charge in [0.05, 0.1) is 11.1 Å². The van der Waals surface area contributed by atoms with Gasteiger partial charge in [-0.2, -0.15) is 0 Å². The molecule has 3 rings (SSSR count). The van der Waals surface area contributed by atoms with Gasteiger partial charge in [-0.15, -0.1) is 12.4 Å². The summed E-state index contributed by atoms with van der Waals surface area (Å²) in [5.41, 5.74) is 6.59. The molecule has 23 heavy (non-hydrogen) atoms. The van der Waals surface area contributed by atoms with Crippen molar-refractivity contribution in [3.63, 3.8) is 0 Å². The van der Waals surface area contributed by atoms with E-state index >= 15 is 0 Å². The highest BCUT2D eigenvalue weighted by atomic mass is 35.5. The molecule has 1 fully saturated rings. The van der Waals surface area contributed by atoms with Crippen LogP contribution in [0, 0.1) is 5.41 Å². The molecule has 126 valence electrons. The van der Waals surface area contributed by atoms with Gasteiger partial charge >= 0.3 is 0 Å². The first-order valence-corrected chi connectivity index (χ1v) is 7.67. The molecule has 0 aromatic heterocycles. The Morgan fingerprint density at radius 1 is 1.43 bits per heavy atom. The van der Waals surface area contributed by atoms with Gasteiger partial charge in [0.15, 0.2) is 6.10 Å². The maximum atomic E-state index is 12.5. The molecule has 6 nitrogen and oxygen atoms in total. The molecular weight excluding hydrogens is 318 g/mol. The number of nitrogens with two attached hydrogens (primary N) is 1. The number of nitrogens with one attached hydrogen (secondary N) is 2. The number of benzene rings is 1. The van der Waals surface area contributed by atoms with Crippen LogP contribution >= 0.6 is 12.4 Å². The summed E-state index contributed by atoms with van der Waals surface area (Å²) in [6.07, 6.45) is 3.23. The van der Waals surface area contributed by atoms with Crippen molar-refractivity contribution in [2.45, 2.75) is 38.7 Å². The number of rotatable bonds is 3. The summed E-state index contributed by atoms with van der Waals surface area (Å²) in [5.74, 6) is 0.383. The van der Waals surface area contributed by atoms with Gasteiger partial charge in [-0.1, -0.05) is 12.8 Å². The Hall–Kier alpha value is -1.79. The fourth-order valence-corrected chi connectivity index (χ4v) is 3.13. The van der Waals surface area contributed by atoms with Crippen LogP contribution in [0.3, 0.4) is 0 Å². The van der Waals surface area contributed by atoms with E-state index in [1.807, 2.05) is 0 Å². The predicted molar refractivity (Wildman–Crippen MR) is 91.0 cm³/mol. The number of fused-ring (bicyclic) bond motifs is 1. The second kappa shape index (κ2) is 6.76. The van der Waals surface area contributed by atoms with Crippen LogP contribution in [0.1, 0.15) is 32.6 Å². The van der Waals surface area contributed by atoms with Gasteiger partial charge in [0, 0.05) is 12.2 Å². The number of amides is 2. The third-order valence-corrected chi connectivity index (χ3v) is 4.60. The highest BCUT2D eigenvalue weighted by molar-refractivity contribution is 6.00. The van der Waals surface area contributed by atoms with Crippen LogP contribution in [0.4, 0.5) is 11.4 Å². The second-order valence-electron chi connectivity index (χ2n) is 6.11. The fourth-order valence-electron chi connectivity index (χ4n) is 3.13. The van der Waals surface area contributed by atoms with Gasteiger partial charge in [-0.25, -0.2) is 0 Å². The molecule has 2 amide bonds. The molecule has 1 aromatic carbocycles. The van der Waals surface area contributed by atoms with E-state index in [0.717, 1.165) is 25.7 Å². The van der Waals surface area contributed by atoms with Crippen LogP contribution in [0.25, 0.3) is 0 Å². The first kappa shape index (κ1) is 17.6. The van der Waals surface area contributed by atoms with Crippen molar-refractivity contribution in [1.29, 1.82) is 0 Å². The van der Waals surface area contributed by atoms with Crippen LogP contribution in [-0.4, -0.2) is 24.5 Å². The maximum Gasteiger partial charge on any atom is 0.265 e. The first-order chi connectivity index (χ1) is 10.5. The van der Waals surface area contributed by atoms with Crippen molar-refractivity contribution < 1.29 is 14.3 Å². The molecule has 4 N–H and O–H groups in total. The van der Waals surface area contributed by atoms with E-state index in [0.29, 0.717) is 23.7 Å². The predicted octanol–water partition coefficient (Wildman–Crippen LogP) is 2.29. The Morgan fingerprint density at radius 3 is 2.78 bits per heavy atom. The number of hydrogen-bond donors (Lipinski definition) is 3. The quantitative estimate of drug-likeness (QED) is 0.787. The fraction of sp³-hybridized carbons (Fsp3) is 0.500. The van der Waals surface area contributed by atoms with Gasteiger partial charge in [0.1, 0.15) is 5.75 Å². The van der Waals surface area contributed by atoms with Crippen LogP contribution in [0.5, 0.6) is 5.75 Å². The zero-order valence-electron chi connectivity index (χ0n) is 13.1. The Bertz CT molecular complexity index is 615. The molecule has 1 saturated carbocycles. The van der Waals surface area contributed by atoms with Crippen molar-refractivity contribution in [3.8, 4) is 5.75 Å². The minimum Gasteiger partial charge on any atom is -0.479 e. The molecule has 0 spiro atoms. The molecule has 1 unspecified atom stereocenters. The standard InChI is InChI=1S/C16H21N3O3.ClH/c1-10-14(20)19-12-8-11(4-5-13(12)22-10)18-15(21)16(9-17)6-2-3-7-16;/h4-5,8,10H,2-3,6-7,9,17H2,1H3,(H,18,21)(H,19,20);1H. The molecule has 1 heterocycles. The Balaban J connectivity index is 0.00000192. The van der Waals surface area contributed by atoms with Gasteiger partial charge in [-0.05, 0) is 38.0 Å². The normalized spacial score (nSPS) is 21.5. The lowest BCUT2D eigenvalue weighted by Crippen LogP contribution is -2.40. The minimum atomic E-state index is -0.507. The summed E-state index contributed by atoms with van der Waals surface area (Å²) in [4.78, 5) is 24.2. The highest BCUT2D eigenvalue weighted by Gasteiger charge is 2.39. The van der Waals surface area contributed by atoms with Gasteiger partial charge in [-0.3, -0.25) is 9.59 Å². The number of carbonyl (C=O) groups excluding carboxylic acids is 2. The number of anilines is 2. The van der Waals surface area contributed by atoms with E-state index in [9.17, 15) is 9.59 Å². The lowest BCUT2D eigenvalue weighted by Gasteiger charge is -2.27. The third-order valence-electron chi connectivity index (χ3n) is 4.60. The summed E-state index contributed by atoms with van der Waals surface area (Å²) in [6.45, 7) is 2.06. The molecule has 0 radical (unpaired) electrons. The first-order valence-electron chi connectivity index (χ1n) is 7.67. The van der Waals surface area contributed by atoms with Gasteiger partial charge < -0.3 is 21.1 Å².